The average Bonchev–Trinajstić information content (AvgIpc) is 2.55. The Hall–Kier alpha value is -2.67. The summed E-state index contributed by atoms with van der Waals surface area (Å²) < 4.78 is 1.16. The van der Waals surface area contributed by atoms with Crippen molar-refractivity contribution in [2.75, 3.05) is 0 Å². The molecular weight excluding hydrogens is 322 g/mol. The van der Waals surface area contributed by atoms with E-state index in [1.165, 1.54) is 13.2 Å². The van der Waals surface area contributed by atoms with Crippen molar-refractivity contribution in [1.29, 1.82) is 0 Å². The molecule has 0 unspecified atom stereocenters. The van der Waals surface area contributed by atoms with E-state index in [1.807, 2.05) is 30.3 Å². The first-order chi connectivity index (χ1) is 11.9. The number of carbonyl (C=O) groups excluding carboxylic acids is 1. The number of aromatic nitrogens is 2. The predicted molar refractivity (Wildman–Crippen MR) is 92.4 cm³/mol. The van der Waals surface area contributed by atoms with Gasteiger partial charge in [-0.3, -0.25) is 14.6 Å². The van der Waals surface area contributed by atoms with E-state index in [4.69, 9.17) is 0 Å². The van der Waals surface area contributed by atoms with Gasteiger partial charge in [-0.05, 0) is 30.7 Å². The van der Waals surface area contributed by atoms with Crippen molar-refractivity contribution in [3.8, 4) is 0 Å². The Morgan fingerprint density at radius 3 is 2.64 bits per heavy atom. The highest BCUT2D eigenvalue weighted by molar-refractivity contribution is 5.93. The van der Waals surface area contributed by atoms with Crippen molar-refractivity contribution in [3.63, 3.8) is 0 Å². The summed E-state index contributed by atoms with van der Waals surface area (Å²) in [5, 5.41) is 12.5. The van der Waals surface area contributed by atoms with Gasteiger partial charge in [0.15, 0.2) is 0 Å². The molecule has 132 valence electrons. The van der Waals surface area contributed by atoms with Crippen molar-refractivity contribution < 1.29 is 9.90 Å². The fourth-order valence-electron chi connectivity index (χ4n) is 3.13. The summed E-state index contributed by atoms with van der Waals surface area (Å²) in [6.07, 6.45) is 2.78. The number of aromatic amines is 1. The third-order valence-electron chi connectivity index (χ3n) is 4.69. The monoisotopic (exact) mass is 343 g/mol. The second-order valence-electron chi connectivity index (χ2n) is 6.57. The fourth-order valence-corrected chi connectivity index (χ4v) is 3.13. The van der Waals surface area contributed by atoms with Crippen LogP contribution in [0.25, 0.3) is 0 Å². The zero-order valence-electron chi connectivity index (χ0n) is 13.9. The van der Waals surface area contributed by atoms with E-state index >= 15 is 0 Å². The van der Waals surface area contributed by atoms with E-state index in [9.17, 15) is 19.5 Å². The molecule has 1 aromatic heterocycles. The SMILES string of the molecule is Cn1cc(C(=O)N[C@H](Cc2ccccc2)C2CC(O)C2)c(=O)[nH]c1=O. The molecule has 1 atom stereocenters. The number of hydrogen-bond acceptors (Lipinski definition) is 4. The van der Waals surface area contributed by atoms with Gasteiger partial charge in [0.05, 0.1) is 6.10 Å². The summed E-state index contributed by atoms with van der Waals surface area (Å²) >= 11 is 0. The smallest absolute Gasteiger partial charge is 0.328 e. The minimum absolute atomic E-state index is 0.0972. The van der Waals surface area contributed by atoms with Crippen molar-refractivity contribution in [2.24, 2.45) is 13.0 Å². The first-order valence-electron chi connectivity index (χ1n) is 8.27. The highest BCUT2D eigenvalue weighted by atomic mass is 16.3. The van der Waals surface area contributed by atoms with Gasteiger partial charge >= 0.3 is 5.69 Å². The number of nitrogens with one attached hydrogen (secondary N) is 2. The molecule has 3 rings (SSSR count). The van der Waals surface area contributed by atoms with Gasteiger partial charge in [-0.1, -0.05) is 30.3 Å². The molecule has 0 bridgehead atoms. The van der Waals surface area contributed by atoms with E-state index < -0.39 is 17.2 Å². The van der Waals surface area contributed by atoms with Crippen LogP contribution in [0, 0.1) is 5.92 Å². The minimum Gasteiger partial charge on any atom is -0.393 e. The van der Waals surface area contributed by atoms with Crippen molar-refractivity contribution in [1.82, 2.24) is 14.9 Å². The van der Waals surface area contributed by atoms with Crippen molar-refractivity contribution >= 4 is 5.91 Å². The van der Waals surface area contributed by atoms with Gasteiger partial charge in [0.25, 0.3) is 11.5 Å². The van der Waals surface area contributed by atoms with Crippen LogP contribution >= 0.6 is 0 Å². The fraction of sp³-hybridized carbons (Fsp3) is 0.389. The van der Waals surface area contributed by atoms with E-state index in [-0.39, 0.29) is 23.6 Å². The number of amides is 1. The highest BCUT2D eigenvalue weighted by Crippen LogP contribution is 2.31. The topological polar surface area (TPSA) is 104 Å². The van der Waals surface area contributed by atoms with E-state index in [2.05, 4.69) is 10.3 Å². The molecule has 3 N–H and O–H groups in total. The number of hydrogen-bond donors (Lipinski definition) is 3. The van der Waals surface area contributed by atoms with Gasteiger partial charge in [-0.25, -0.2) is 4.79 Å². The summed E-state index contributed by atoms with van der Waals surface area (Å²) in [5.74, 6) is -0.357. The van der Waals surface area contributed by atoms with E-state index in [0.717, 1.165) is 10.1 Å². The van der Waals surface area contributed by atoms with Gasteiger partial charge in [-0.2, -0.15) is 0 Å². The van der Waals surface area contributed by atoms with E-state index in [1.54, 1.807) is 0 Å². The molecule has 1 aliphatic rings. The first kappa shape index (κ1) is 17.2. The molecule has 7 heteroatoms. The number of carbonyl (C=O) groups is 1. The van der Waals surface area contributed by atoms with Crippen LogP contribution in [-0.4, -0.2) is 32.7 Å². The molecule has 1 fully saturated rings. The molecule has 1 heterocycles. The van der Waals surface area contributed by atoms with Gasteiger partial charge in [0, 0.05) is 19.3 Å². The molecule has 1 saturated carbocycles. The molecule has 7 nitrogen and oxygen atoms in total. The molecule has 2 aromatic rings. The molecule has 0 aliphatic heterocycles. The number of H-pyrrole nitrogens is 1. The Kier molecular flexibility index (Phi) is 4.85. The number of rotatable bonds is 5. The van der Waals surface area contributed by atoms with Crippen LogP contribution in [0.2, 0.25) is 0 Å². The largest absolute Gasteiger partial charge is 0.393 e. The van der Waals surface area contributed by atoms with Gasteiger partial charge < -0.3 is 15.0 Å². The molecule has 25 heavy (non-hydrogen) atoms. The lowest BCUT2D eigenvalue weighted by molar-refractivity contribution is 0.0239. The zero-order valence-corrected chi connectivity index (χ0v) is 13.9. The third kappa shape index (κ3) is 3.88. The van der Waals surface area contributed by atoms with Crippen molar-refractivity contribution in [3.05, 3.63) is 68.5 Å². The van der Waals surface area contributed by atoms with Gasteiger partial charge in [-0.15, -0.1) is 0 Å². The van der Waals surface area contributed by atoms with E-state index in [0.29, 0.717) is 19.3 Å². The molecule has 1 amide bonds. The maximum absolute atomic E-state index is 12.5. The summed E-state index contributed by atoms with van der Waals surface area (Å²) in [6, 6.07) is 9.56. The zero-order chi connectivity index (χ0) is 18.0. The lowest BCUT2D eigenvalue weighted by Crippen LogP contribution is -2.49. The third-order valence-corrected chi connectivity index (χ3v) is 4.69. The van der Waals surface area contributed by atoms with Gasteiger partial charge in [0.2, 0.25) is 0 Å². The summed E-state index contributed by atoms with van der Waals surface area (Å²) in [6.45, 7) is 0. The highest BCUT2D eigenvalue weighted by Gasteiger charge is 2.35. The maximum Gasteiger partial charge on any atom is 0.328 e. The lowest BCUT2D eigenvalue weighted by Gasteiger charge is -2.38. The number of aryl methyl sites for hydroxylation is 1. The Morgan fingerprint density at radius 1 is 1.32 bits per heavy atom. The van der Waals surface area contributed by atoms with Crippen molar-refractivity contribution in [2.45, 2.75) is 31.4 Å². The second-order valence-corrected chi connectivity index (χ2v) is 6.57. The Balaban J connectivity index is 1.80. The molecule has 0 radical (unpaired) electrons. The Labute approximate surface area is 144 Å². The van der Waals surface area contributed by atoms with Gasteiger partial charge in [0.1, 0.15) is 5.56 Å². The number of aliphatic hydroxyl groups excluding tert-OH is 1. The number of aliphatic hydroxyl groups is 1. The molecule has 1 aliphatic carbocycles. The van der Waals surface area contributed by atoms with Crippen LogP contribution in [0.4, 0.5) is 0 Å². The van der Waals surface area contributed by atoms with Crippen LogP contribution in [0.3, 0.4) is 0 Å². The summed E-state index contributed by atoms with van der Waals surface area (Å²) in [4.78, 5) is 38.0. The summed E-state index contributed by atoms with van der Waals surface area (Å²) in [7, 11) is 1.47. The lowest BCUT2D eigenvalue weighted by atomic mass is 9.75. The molecule has 0 spiro atoms. The van der Waals surface area contributed by atoms with Crippen LogP contribution < -0.4 is 16.6 Å². The second kappa shape index (κ2) is 7.06. The quantitative estimate of drug-likeness (QED) is 0.721. The normalized spacial score (nSPS) is 20.6. The molecule has 1 aromatic carbocycles. The Bertz CT molecular complexity index is 866. The van der Waals surface area contributed by atoms with Crippen LogP contribution in [0.15, 0.2) is 46.1 Å². The predicted octanol–water partition coefficient (Wildman–Crippen LogP) is 0.186. The Morgan fingerprint density at radius 2 is 2.00 bits per heavy atom. The minimum atomic E-state index is -0.701. The van der Waals surface area contributed by atoms with Crippen LogP contribution in [-0.2, 0) is 13.5 Å². The number of nitrogens with zero attached hydrogens (tertiary/aromatic N) is 1. The summed E-state index contributed by atoms with van der Waals surface area (Å²) in [5.41, 5.74) is -0.291. The maximum atomic E-state index is 12.5. The first-order valence-corrected chi connectivity index (χ1v) is 8.27. The molecule has 0 saturated heterocycles. The van der Waals surface area contributed by atoms with Crippen LogP contribution in [0.5, 0.6) is 0 Å². The molecular formula is C18H21N3O4. The van der Waals surface area contributed by atoms with Crippen LogP contribution in [0.1, 0.15) is 28.8 Å². The standard InChI is InChI=1S/C18H21N3O4/c1-21-10-14(17(24)20-18(21)25)16(23)19-15(12-8-13(22)9-12)7-11-5-3-2-4-6-11/h2-6,10,12-13,15,22H,7-9H2,1H3,(H,19,23)(H,20,24,25)/t12?,13?,15-/m1/s1. The number of benzene rings is 1. The average molecular weight is 343 g/mol.